The molecule has 7 rings (SSSR count). The van der Waals surface area contributed by atoms with Crippen molar-refractivity contribution >= 4 is 58.8 Å². The molecule has 2 bridgehead atoms. The Morgan fingerprint density at radius 2 is 1.52 bits per heavy atom. The van der Waals surface area contributed by atoms with Gasteiger partial charge < -0.3 is 64.4 Å². The number of cyclic esters (lactones) is 1. The summed E-state index contributed by atoms with van der Waals surface area (Å²) in [5, 5.41) is 26.4. The number of rotatable bonds is 14. The number of carbonyl (C=O) groups excluding carboxylic acids is 7. The van der Waals surface area contributed by atoms with Crippen molar-refractivity contribution in [1.82, 2.24) is 30.2 Å². The van der Waals surface area contributed by atoms with Crippen LogP contribution in [0.15, 0.2) is 66.2 Å². The number of aryl methyl sites for hydroxylation is 1. The van der Waals surface area contributed by atoms with E-state index in [0.29, 0.717) is 114 Å². The highest BCUT2D eigenvalue weighted by atomic mass is 16.6. The van der Waals surface area contributed by atoms with Crippen LogP contribution in [0.2, 0.25) is 0 Å². The van der Waals surface area contributed by atoms with Crippen LogP contribution in [0.1, 0.15) is 155 Å². The molecule has 4 aliphatic heterocycles. The first-order chi connectivity index (χ1) is 44.4. The van der Waals surface area contributed by atoms with Crippen molar-refractivity contribution in [2.45, 2.75) is 200 Å². The first-order valence-electron chi connectivity index (χ1n) is 33.3. The predicted molar refractivity (Wildman–Crippen MR) is 348 cm³/mol. The monoisotopic (exact) mass is 1300 g/mol. The number of ketones is 3. The van der Waals surface area contributed by atoms with E-state index in [1.807, 2.05) is 67.9 Å². The third kappa shape index (κ3) is 19.4. The summed E-state index contributed by atoms with van der Waals surface area (Å²) in [7, 11) is 4.51. The fraction of sp³-hybridized carbons (Fsp3) is 0.667. The Hall–Kier alpha value is -6.83. The van der Waals surface area contributed by atoms with Crippen LogP contribution in [-0.2, 0) is 63.6 Å². The number of esters is 2. The molecule has 0 aromatic carbocycles. The van der Waals surface area contributed by atoms with Crippen LogP contribution in [0.4, 0.5) is 17.7 Å². The standard InChI is InChI=1S/C69H101N9O15/c1-12-71-64(84)51-40-74-68(75-63(51)70)77-30-28-76(29-31-77)67-72-38-49(39-73-67)23-26-58(80)91-54-25-22-48(35-57(54)89-10)34-44(5)56-37-53(79)43(4)33-46(7)60(82)61(90-11)59(81)45(6)32-41(2)18-14-13-15-19-42(3)55(88-9)36-50-24-21-47(8)69(87,93-50)62(83)65(85)78-27-17-16-20-52(78)66(86)92-56/h13-15,18-19,33,38-41,43-45,47-48,50,52,54-57,60-61,82,87H,12,16-17,20-32,34-37H2,1-11H3,(H,71,84)(H2,70,74,75)/b15-13+,18-14+,42-19+,46-33+/t41-,43-,44-,45-,47-,48+,50+,52+,54-,55+,56+,57-,60-,61+,69-/m1/s1. The lowest BCUT2D eigenvalue weighted by molar-refractivity contribution is -0.265. The Bertz CT molecular complexity index is 3020. The fourth-order valence-corrected chi connectivity index (χ4v) is 13.4. The molecular formula is C69H101N9O15. The Labute approximate surface area is 547 Å². The molecule has 93 heavy (non-hydrogen) atoms. The second-order valence-corrected chi connectivity index (χ2v) is 26.2. The fourth-order valence-electron chi connectivity index (χ4n) is 13.4. The normalized spacial score (nSPS) is 32.6. The summed E-state index contributed by atoms with van der Waals surface area (Å²) in [6.45, 7) is 17.3. The number of piperazine rings is 1. The molecule has 6 heterocycles. The number of aliphatic hydroxyl groups is 2. The SMILES string of the molecule is CCNC(=O)c1cnc(N2CCN(c3ncc(CCC(=O)O[C@@H]4CC[C@@H](C[C@@H](C)[C@@H]5CC(=O)[C@H](C)/C=C(\C)[C@@H](O)[C@@H](OC)C(=O)[C@H](C)C[C@H](C)/C=C/C=C/C=C(\C)[C@@H](OC)C[C@@H]6CC[C@@H](C)[C@@](O)(O6)C(=O)C(=O)N6CCCC[C@H]6C(=O)O5)C[C@H]4OC)cn3)CC2)nc1N. The van der Waals surface area contributed by atoms with E-state index in [-0.39, 0.29) is 72.9 Å². The quantitative estimate of drug-likeness (QED) is 0.0879. The number of piperidine rings is 1. The van der Waals surface area contributed by atoms with E-state index in [1.165, 1.54) is 18.2 Å². The average molecular weight is 1300 g/mol. The van der Waals surface area contributed by atoms with Crippen LogP contribution in [0.3, 0.4) is 0 Å². The Morgan fingerprint density at radius 1 is 0.817 bits per heavy atom. The Kier molecular flexibility index (Phi) is 27.3. The van der Waals surface area contributed by atoms with Crippen molar-refractivity contribution in [2.24, 2.45) is 35.5 Å². The van der Waals surface area contributed by atoms with E-state index >= 15 is 0 Å². The minimum absolute atomic E-state index is 0.0105. The summed E-state index contributed by atoms with van der Waals surface area (Å²) in [6.07, 6.45) is 15.5. The number of fused-ring (bicyclic) bond motifs is 3. The molecule has 3 saturated heterocycles. The smallest absolute Gasteiger partial charge is 0.329 e. The van der Waals surface area contributed by atoms with E-state index in [9.17, 15) is 43.8 Å². The lowest BCUT2D eigenvalue weighted by Gasteiger charge is -2.42. The molecule has 2 amide bonds. The molecule has 15 atom stereocenters. The number of nitrogens with two attached hydrogens (primary N) is 1. The van der Waals surface area contributed by atoms with Crippen molar-refractivity contribution in [2.75, 3.05) is 76.1 Å². The molecule has 5 N–H and O–H groups in total. The highest BCUT2D eigenvalue weighted by Crippen LogP contribution is 2.38. The van der Waals surface area contributed by atoms with Crippen LogP contribution in [0.25, 0.3) is 0 Å². The highest BCUT2D eigenvalue weighted by Gasteiger charge is 2.53. The third-order valence-electron chi connectivity index (χ3n) is 19.3. The van der Waals surface area contributed by atoms with Gasteiger partial charge in [-0.15, -0.1) is 0 Å². The van der Waals surface area contributed by atoms with E-state index < -0.39 is 102 Å². The van der Waals surface area contributed by atoms with Gasteiger partial charge in [0.1, 0.15) is 42.1 Å². The van der Waals surface area contributed by atoms with Crippen molar-refractivity contribution < 1.29 is 72.2 Å². The number of anilines is 3. The molecule has 0 unspecified atom stereocenters. The summed E-state index contributed by atoms with van der Waals surface area (Å²) in [5.74, 6) is -8.20. The number of aromatic nitrogens is 4. The van der Waals surface area contributed by atoms with Crippen LogP contribution in [0, 0.1) is 35.5 Å². The number of aliphatic hydroxyl groups excluding tert-OH is 1. The lowest BCUT2D eigenvalue weighted by Crippen LogP contribution is -2.61. The van der Waals surface area contributed by atoms with Crippen molar-refractivity contribution in [3.8, 4) is 0 Å². The minimum Gasteiger partial charge on any atom is -0.460 e. The minimum atomic E-state index is -2.48. The zero-order valence-corrected chi connectivity index (χ0v) is 56.3. The van der Waals surface area contributed by atoms with Gasteiger partial charge in [0.05, 0.1) is 23.9 Å². The molecule has 512 valence electrons. The molecule has 1 aliphatic carbocycles. The van der Waals surface area contributed by atoms with Gasteiger partial charge in [0.15, 0.2) is 5.78 Å². The highest BCUT2D eigenvalue weighted by molar-refractivity contribution is 6.39. The predicted octanol–water partition coefficient (Wildman–Crippen LogP) is 6.60. The number of nitrogen functional groups attached to an aromatic ring is 1. The molecule has 24 nitrogen and oxygen atoms in total. The molecule has 5 aliphatic rings. The van der Waals surface area contributed by atoms with Gasteiger partial charge in [0.2, 0.25) is 17.7 Å². The van der Waals surface area contributed by atoms with Gasteiger partial charge >= 0.3 is 11.9 Å². The maximum absolute atomic E-state index is 14.7. The zero-order valence-electron chi connectivity index (χ0n) is 56.3. The Balaban J connectivity index is 1.02. The third-order valence-corrected chi connectivity index (χ3v) is 19.3. The molecule has 1 saturated carbocycles. The van der Waals surface area contributed by atoms with Crippen molar-refractivity contribution in [3.63, 3.8) is 0 Å². The number of hydrogen-bond acceptors (Lipinski definition) is 22. The van der Waals surface area contributed by atoms with E-state index in [0.717, 1.165) is 11.1 Å². The molecular weight excluding hydrogens is 1190 g/mol. The summed E-state index contributed by atoms with van der Waals surface area (Å²) in [6, 6.07) is -1.20. The van der Waals surface area contributed by atoms with Crippen LogP contribution < -0.4 is 20.9 Å². The molecule has 2 aromatic heterocycles. The number of Topliss-reactive ketones (excluding diaryl/α,β-unsaturated/α-hetero) is 3. The molecule has 0 spiro atoms. The summed E-state index contributed by atoms with van der Waals surface area (Å²) in [5.41, 5.74) is 8.30. The van der Waals surface area contributed by atoms with Crippen LogP contribution >= 0.6 is 0 Å². The molecule has 4 fully saturated rings. The van der Waals surface area contributed by atoms with E-state index in [4.69, 9.17) is 34.2 Å². The van der Waals surface area contributed by atoms with E-state index in [1.54, 1.807) is 60.4 Å². The van der Waals surface area contributed by atoms with Crippen molar-refractivity contribution in [1.29, 1.82) is 0 Å². The first-order valence-corrected chi connectivity index (χ1v) is 33.3. The second kappa shape index (κ2) is 34.5. The van der Waals surface area contributed by atoms with Gasteiger partial charge in [-0.25, -0.2) is 19.7 Å². The number of methoxy groups -OCH3 is 3. The maximum atomic E-state index is 14.7. The first kappa shape index (κ1) is 73.6. The molecule has 24 heteroatoms. The average Bonchev–Trinajstić information content (AvgIpc) is 0.955. The number of ether oxygens (including phenoxy) is 6. The summed E-state index contributed by atoms with van der Waals surface area (Å²) >= 11 is 0. The number of allylic oxidation sites excluding steroid dienone is 6. The topological polar surface area (TPSA) is 315 Å². The van der Waals surface area contributed by atoms with Gasteiger partial charge in [-0.05, 0) is 126 Å². The zero-order chi connectivity index (χ0) is 67.7. The number of nitrogens with zero attached hydrogens (tertiary/aromatic N) is 7. The van der Waals surface area contributed by atoms with E-state index in [2.05, 4.69) is 25.3 Å². The lowest BCUT2D eigenvalue weighted by atomic mass is 9.78. The molecule has 0 radical (unpaired) electrons. The Morgan fingerprint density at radius 3 is 2.18 bits per heavy atom. The van der Waals surface area contributed by atoms with Gasteiger partial charge in [-0.1, -0.05) is 71.1 Å². The summed E-state index contributed by atoms with van der Waals surface area (Å²) < 4.78 is 36.1. The largest absolute Gasteiger partial charge is 0.460 e. The number of carbonyl (C=O) groups is 7. The van der Waals surface area contributed by atoms with Gasteiger partial charge in [-0.3, -0.25) is 28.8 Å². The number of nitrogens with one attached hydrogen (secondary N) is 1. The second-order valence-electron chi connectivity index (χ2n) is 26.2. The van der Waals surface area contributed by atoms with Crippen LogP contribution in [-0.4, -0.2) is 191 Å². The van der Waals surface area contributed by atoms with Gasteiger partial charge in [0.25, 0.3) is 17.6 Å². The maximum Gasteiger partial charge on any atom is 0.329 e. The van der Waals surface area contributed by atoms with Gasteiger partial charge in [-0.2, -0.15) is 4.98 Å². The van der Waals surface area contributed by atoms with Crippen LogP contribution in [0.5, 0.6) is 0 Å². The van der Waals surface area contributed by atoms with Crippen molar-refractivity contribution in [3.05, 3.63) is 77.3 Å². The number of hydrogen-bond donors (Lipinski definition) is 4. The number of amides is 2. The summed E-state index contributed by atoms with van der Waals surface area (Å²) in [4.78, 5) is 121. The molecule has 2 aromatic rings. The van der Waals surface area contributed by atoms with Gasteiger partial charge in [0, 0.05) is 116 Å².